The van der Waals surface area contributed by atoms with Gasteiger partial charge in [-0.05, 0) is 106 Å². The van der Waals surface area contributed by atoms with E-state index in [0.717, 1.165) is 79.9 Å². The van der Waals surface area contributed by atoms with Crippen LogP contribution in [0.1, 0.15) is 12.5 Å². The second kappa shape index (κ2) is 14.1. The minimum atomic E-state index is 0.734. The minimum Gasteiger partial charge on any atom is -0.449 e. The molecule has 1 heterocycles. The normalized spacial score (nSPS) is 11.5. The first-order chi connectivity index (χ1) is 26.2. The molecular formula is C50H37NO2. The molecule has 0 amide bonds. The summed E-state index contributed by atoms with van der Waals surface area (Å²) in [5.41, 5.74) is 13.4. The first kappa shape index (κ1) is 32.1. The van der Waals surface area contributed by atoms with Gasteiger partial charge in [-0.3, -0.25) is 0 Å². The number of hydrogen-bond donors (Lipinski definition) is 0. The van der Waals surface area contributed by atoms with Crippen LogP contribution in [0.4, 0.5) is 17.1 Å². The van der Waals surface area contributed by atoms with E-state index in [1.165, 1.54) is 16.7 Å². The van der Waals surface area contributed by atoms with E-state index in [1.54, 1.807) is 0 Å². The van der Waals surface area contributed by atoms with Gasteiger partial charge in [-0.25, -0.2) is 0 Å². The zero-order chi connectivity index (χ0) is 35.6. The van der Waals surface area contributed by atoms with E-state index in [-0.39, 0.29) is 0 Å². The van der Waals surface area contributed by atoms with E-state index in [0.29, 0.717) is 0 Å². The Hall–Kier alpha value is -6.84. The molecule has 0 unspecified atom stereocenters. The molecule has 254 valence electrons. The van der Waals surface area contributed by atoms with Crippen LogP contribution in [-0.4, -0.2) is 0 Å². The van der Waals surface area contributed by atoms with Gasteiger partial charge in [0.05, 0.1) is 0 Å². The monoisotopic (exact) mass is 683 g/mol. The summed E-state index contributed by atoms with van der Waals surface area (Å²) in [6.07, 6.45) is 0.875. The van der Waals surface area contributed by atoms with Crippen LogP contribution < -0.4 is 14.4 Å². The Balaban J connectivity index is 1.12. The fourth-order valence-electron chi connectivity index (χ4n) is 7.19. The average Bonchev–Trinajstić information content (AvgIpc) is 3.24. The maximum Gasteiger partial charge on any atom is 0.177 e. The fourth-order valence-corrected chi connectivity index (χ4v) is 7.19. The Kier molecular flexibility index (Phi) is 8.51. The van der Waals surface area contributed by atoms with Crippen LogP contribution in [0.25, 0.3) is 44.5 Å². The Labute approximate surface area is 311 Å². The van der Waals surface area contributed by atoms with E-state index in [2.05, 4.69) is 182 Å². The van der Waals surface area contributed by atoms with Crippen LogP contribution in [0, 0.1) is 0 Å². The molecule has 0 bridgehead atoms. The number of aryl methyl sites for hydroxylation is 1. The molecule has 1 aliphatic rings. The largest absolute Gasteiger partial charge is 0.449 e. The molecule has 0 aromatic heterocycles. The summed E-state index contributed by atoms with van der Waals surface area (Å²) in [5.74, 6) is 3.04. The number of hydrogen-bond acceptors (Lipinski definition) is 3. The number of ether oxygens (including phenoxy) is 2. The predicted octanol–water partition coefficient (Wildman–Crippen LogP) is 14.3. The number of para-hydroxylation sites is 3. The van der Waals surface area contributed by atoms with Crippen molar-refractivity contribution in [1.82, 2.24) is 0 Å². The van der Waals surface area contributed by atoms with E-state index in [1.807, 2.05) is 24.3 Å². The van der Waals surface area contributed by atoms with Crippen molar-refractivity contribution in [3.05, 3.63) is 200 Å². The van der Waals surface area contributed by atoms with Crippen molar-refractivity contribution in [1.29, 1.82) is 0 Å². The molecule has 1 aliphatic heterocycles. The van der Waals surface area contributed by atoms with Gasteiger partial charge in [0.25, 0.3) is 0 Å². The minimum absolute atomic E-state index is 0.734. The van der Waals surface area contributed by atoms with Gasteiger partial charge in [0.1, 0.15) is 0 Å². The van der Waals surface area contributed by atoms with E-state index >= 15 is 0 Å². The van der Waals surface area contributed by atoms with Crippen molar-refractivity contribution in [2.24, 2.45) is 0 Å². The number of benzene rings is 8. The van der Waals surface area contributed by atoms with Gasteiger partial charge in [-0.15, -0.1) is 0 Å². The van der Waals surface area contributed by atoms with Crippen molar-refractivity contribution < 1.29 is 9.47 Å². The van der Waals surface area contributed by atoms with Crippen molar-refractivity contribution in [3.8, 4) is 67.5 Å². The van der Waals surface area contributed by atoms with Gasteiger partial charge in [-0.2, -0.15) is 0 Å². The third kappa shape index (κ3) is 6.34. The van der Waals surface area contributed by atoms with E-state index in [9.17, 15) is 0 Å². The molecule has 8 aromatic rings. The molecule has 9 rings (SSSR count). The molecular weight excluding hydrogens is 647 g/mol. The Bertz CT molecular complexity index is 2510. The molecule has 3 heteroatoms. The molecule has 0 atom stereocenters. The van der Waals surface area contributed by atoms with Crippen LogP contribution in [0.3, 0.4) is 0 Å². The molecule has 0 radical (unpaired) electrons. The highest BCUT2D eigenvalue weighted by atomic mass is 16.6. The number of fused-ring (bicyclic) bond motifs is 2. The third-order valence-electron chi connectivity index (χ3n) is 9.90. The lowest BCUT2D eigenvalue weighted by Crippen LogP contribution is -2.10. The summed E-state index contributed by atoms with van der Waals surface area (Å²) in [7, 11) is 0. The lowest BCUT2D eigenvalue weighted by molar-refractivity contribution is 0.358. The Morgan fingerprint density at radius 3 is 1.47 bits per heavy atom. The molecule has 53 heavy (non-hydrogen) atoms. The molecule has 0 saturated heterocycles. The summed E-state index contributed by atoms with van der Waals surface area (Å²) in [6.45, 7) is 2.13. The SMILES string of the molecule is CCc1cccc2c1Oc1cccc(-c3ccc(-c4cc(-c5ccccc5)cc(N(c5ccccc5)c5ccc(-c6ccccc6)cc5)c4)cc3)c1O2. The molecule has 0 spiro atoms. The third-order valence-corrected chi connectivity index (χ3v) is 9.90. The zero-order valence-electron chi connectivity index (χ0n) is 29.4. The summed E-state index contributed by atoms with van der Waals surface area (Å²) < 4.78 is 12.9. The fraction of sp³-hybridized carbons (Fsp3) is 0.0400. The highest BCUT2D eigenvalue weighted by Gasteiger charge is 2.24. The zero-order valence-corrected chi connectivity index (χ0v) is 29.4. The van der Waals surface area contributed by atoms with Crippen LogP contribution in [0.2, 0.25) is 0 Å². The maximum atomic E-state index is 6.51. The second-order valence-electron chi connectivity index (χ2n) is 13.2. The quantitative estimate of drug-likeness (QED) is 0.159. The number of nitrogens with zero attached hydrogens (tertiary/aromatic N) is 1. The maximum absolute atomic E-state index is 6.51. The smallest absolute Gasteiger partial charge is 0.177 e. The second-order valence-corrected chi connectivity index (χ2v) is 13.2. The van der Waals surface area contributed by atoms with Gasteiger partial charge >= 0.3 is 0 Å². The van der Waals surface area contributed by atoms with E-state index < -0.39 is 0 Å². The Morgan fingerprint density at radius 2 is 0.830 bits per heavy atom. The van der Waals surface area contributed by atoms with Crippen LogP contribution in [0.5, 0.6) is 23.0 Å². The average molecular weight is 684 g/mol. The van der Waals surface area contributed by atoms with Crippen molar-refractivity contribution in [2.75, 3.05) is 4.90 Å². The summed E-state index contributed by atoms with van der Waals surface area (Å²) >= 11 is 0. The summed E-state index contributed by atoms with van der Waals surface area (Å²) in [6, 6.07) is 68.4. The standard InChI is InChI=1S/C50H37NO2/c1-2-35-18-12-22-47-49(35)52-48-23-13-21-46(50(48)53-47)40-26-24-39(25-27-40)42-32-41(37-16-8-4-9-17-37)33-45(34-42)51(43-19-10-5-11-20-43)44-30-28-38(29-31-44)36-14-6-3-7-15-36/h3-34H,2H2,1H3. The molecule has 0 aliphatic carbocycles. The molecule has 3 nitrogen and oxygen atoms in total. The predicted molar refractivity (Wildman–Crippen MR) is 219 cm³/mol. The lowest BCUT2D eigenvalue weighted by Gasteiger charge is -2.27. The van der Waals surface area contributed by atoms with Gasteiger partial charge in [-0.1, -0.05) is 146 Å². The molecule has 0 saturated carbocycles. The molecule has 8 aromatic carbocycles. The Morgan fingerprint density at radius 1 is 0.358 bits per heavy atom. The number of anilines is 3. The van der Waals surface area contributed by atoms with Gasteiger partial charge in [0, 0.05) is 22.6 Å². The first-order valence-corrected chi connectivity index (χ1v) is 18.1. The summed E-state index contributed by atoms with van der Waals surface area (Å²) in [5, 5.41) is 0. The van der Waals surface area contributed by atoms with Crippen molar-refractivity contribution in [3.63, 3.8) is 0 Å². The van der Waals surface area contributed by atoms with Crippen LogP contribution >= 0.6 is 0 Å². The van der Waals surface area contributed by atoms with E-state index in [4.69, 9.17) is 9.47 Å². The van der Waals surface area contributed by atoms with Crippen LogP contribution in [-0.2, 0) is 6.42 Å². The first-order valence-electron chi connectivity index (χ1n) is 18.1. The topological polar surface area (TPSA) is 21.7 Å². The molecule has 0 N–H and O–H groups in total. The van der Waals surface area contributed by atoms with Crippen molar-refractivity contribution in [2.45, 2.75) is 13.3 Å². The van der Waals surface area contributed by atoms with Gasteiger partial charge < -0.3 is 14.4 Å². The van der Waals surface area contributed by atoms with Gasteiger partial charge in [0.2, 0.25) is 0 Å². The highest BCUT2D eigenvalue weighted by Crippen LogP contribution is 2.51. The van der Waals surface area contributed by atoms with Gasteiger partial charge in [0.15, 0.2) is 23.0 Å². The lowest BCUT2D eigenvalue weighted by atomic mass is 9.95. The summed E-state index contributed by atoms with van der Waals surface area (Å²) in [4.78, 5) is 2.34. The highest BCUT2D eigenvalue weighted by molar-refractivity contribution is 5.86. The van der Waals surface area contributed by atoms with Crippen LogP contribution in [0.15, 0.2) is 194 Å². The number of rotatable bonds is 8. The van der Waals surface area contributed by atoms with Crippen molar-refractivity contribution >= 4 is 17.1 Å². The molecule has 0 fully saturated rings.